The van der Waals surface area contributed by atoms with E-state index in [-0.39, 0.29) is 23.5 Å². The number of amides is 1. The van der Waals surface area contributed by atoms with Crippen molar-refractivity contribution in [3.63, 3.8) is 0 Å². The molecule has 2 aliphatic carbocycles. The molecule has 3 fully saturated rings. The van der Waals surface area contributed by atoms with Crippen LogP contribution in [0.1, 0.15) is 64.4 Å². The minimum atomic E-state index is -0.669. The summed E-state index contributed by atoms with van der Waals surface area (Å²) in [6.07, 6.45) is 4.47. The van der Waals surface area contributed by atoms with Gasteiger partial charge in [0.05, 0.1) is 5.92 Å². The highest BCUT2D eigenvalue weighted by molar-refractivity contribution is 5.70. The van der Waals surface area contributed by atoms with E-state index in [4.69, 9.17) is 4.74 Å². The topological polar surface area (TPSA) is 70.1 Å². The zero-order valence-electron chi connectivity index (χ0n) is 19.0. The summed E-state index contributed by atoms with van der Waals surface area (Å²) in [7, 11) is 0. The van der Waals surface area contributed by atoms with Gasteiger partial charge in [0.25, 0.3) is 0 Å². The predicted molar refractivity (Wildman–Crippen MR) is 119 cm³/mol. The maximum absolute atomic E-state index is 13.2. The van der Waals surface area contributed by atoms with E-state index in [0.29, 0.717) is 5.92 Å². The fourth-order valence-corrected chi connectivity index (χ4v) is 4.94. The molecule has 0 spiro atoms. The highest BCUT2D eigenvalue weighted by Crippen LogP contribution is 2.51. The minimum absolute atomic E-state index is 0.122. The van der Waals surface area contributed by atoms with Crippen LogP contribution in [0.5, 0.6) is 0 Å². The van der Waals surface area contributed by atoms with E-state index >= 15 is 0 Å². The zero-order chi connectivity index (χ0) is 22.2. The van der Waals surface area contributed by atoms with Crippen LogP contribution in [0.3, 0.4) is 0 Å². The summed E-state index contributed by atoms with van der Waals surface area (Å²) in [5.41, 5.74) is 0.903. The number of carbonyl (C=O) groups excluding carboxylic acids is 1. The van der Waals surface area contributed by atoms with Crippen molar-refractivity contribution in [2.45, 2.75) is 70.4 Å². The Bertz CT molecular complexity index is 791. The number of rotatable bonds is 7. The Morgan fingerprint density at radius 1 is 1.16 bits per heavy atom. The maximum atomic E-state index is 13.2. The summed E-state index contributed by atoms with van der Waals surface area (Å²) in [6.45, 7) is 9.11. The van der Waals surface area contributed by atoms with Gasteiger partial charge in [-0.05, 0) is 71.5 Å². The molecule has 170 valence electrons. The molecule has 1 saturated heterocycles. The fraction of sp³-hybridized carbons (Fsp3) is 0.680. The molecular weight excluding hydrogens is 392 g/mol. The van der Waals surface area contributed by atoms with E-state index in [1.165, 1.54) is 5.56 Å². The van der Waals surface area contributed by atoms with Gasteiger partial charge in [-0.3, -0.25) is 4.79 Å². The van der Waals surface area contributed by atoms with Crippen LogP contribution in [0.2, 0.25) is 0 Å². The maximum Gasteiger partial charge on any atom is 0.410 e. The quantitative estimate of drug-likeness (QED) is 0.699. The highest BCUT2D eigenvalue weighted by atomic mass is 16.6. The van der Waals surface area contributed by atoms with Gasteiger partial charge < -0.3 is 19.6 Å². The van der Waals surface area contributed by atoms with Gasteiger partial charge in [-0.25, -0.2) is 4.79 Å². The number of piperidine rings is 1. The number of benzene rings is 1. The smallest absolute Gasteiger partial charge is 0.410 e. The summed E-state index contributed by atoms with van der Waals surface area (Å²) in [6, 6.07) is 10.7. The second kappa shape index (κ2) is 8.45. The van der Waals surface area contributed by atoms with Gasteiger partial charge in [-0.15, -0.1) is 0 Å². The number of carboxylic acids is 1. The van der Waals surface area contributed by atoms with Crippen molar-refractivity contribution < 1.29 is 19.4 Å². The molecule has 0 bridgehead atoms. The van der Waals surface area contributed by atoms with Crippen LogP contribution in [-0.2, 0) is 9.53 Å². The molecule has 6 nitrogen and oxygen atoms in total. The molecular formula is C25H36N2O4. The van der Waals surface area contributed by atoms with Gasteiger partial charge in [-0.1, -0.05) is 30.3 Å². The van der Waals surface area contributed by atoms with E-state index in [1.807, 2.05) is 31.7 Å². The van der Waals surface area contributed by atoms with Crippen molar-refractivity contribution in [3.05, 3.63) is 35.9 Å². The largest absolute Gasteiger partial charge is 0.481 e. The third-order valence-corrected chi connectivity index (χ3v) is 6.97. The molecule has 2 saturated carbocycles. The molecule has 1 heterocycles. The second-order valence-corrected chi connectivity index (χ2v) is 10.8. The fourth-order valence-electron chi connectivity index (χ4n) is 4.94. The van der Waals surface area contributed by atoms with Crippen molar-refractivity contribution >= 4 is 12.1 Å². The molecule has 2 unspecified atom stereocenters. The van der Waals surface area contributed by atoms with Crippen LogP contribution < -0.4 is 0 Å². The molecule has 0 radical (unpaired) electrons. The number of ether oxygens (including phenoxy) is 1. The van der Waals surface area contributed by atoms with Crippen molar-refractivity contribution in [2.24, 2.45) is 11.3 Å². The normalized spacial score (nSPS) is 25.6. The first-order chi connectivity index (χ1) is 14.7. The van der Waals surface area contributed by atoms with Crippen LogP contribution in [0.15, 0.2) is 30.3 Å². The Hall–Kier alpha value is -2.08. The Kier molecular flexibility index (Phi) is 6.03. The number of carbonyl (C=O) groups is 2. The summed E-state index contributed by atoms with van der Waals surface area (Å²) in [4.78, 5) is 28.8. The number of aliphatic carboxylic acids is 1. The molecule has 1 amide bonds. The molecule has 1 aromatic carbocycles. The van der Waals surface area contributed by atoms with E-state index in [0.717, 1.165) is 58.3 Å². The third-order valence-electron chi connectivity index (χ3n) is 6.97. The molecule has 1 aliphatic heterocycles. The van der Waals surface area contributed by atoms with Crippen LogP contribution in [0, 0.1) is 11.3 Å². The first-order valence-electron chi connectivity index (χ1n) is 11.7. The van der Waals surface area contributed by atoms with Gasteiger partial charge >= 0.3 is 12.1 Å². The van der Waals surface area contributed by atoms with Crippen molar-refractivity contribution in [2.75, 3.05) is 26.2 Å². The SMILES string of the molecule is CC(C)(C)OC(=O)N(CC1(CN2CCC(C(=O)O)CC2)CC1)C1CC1c1ccccc1. The molecule has 6 heteroatoms. The molecule has 2 atom stereocenters. The number of likely N-dealkylation sites (tertiary alicyclic amines) is 1. The Morgan fingerprint density at radius 2 is 1.81 bits per heavy atom. The molecule has 0 aromatic heterocycles. The van der Waals surface area contributed by atoms with Gasteiger partial charge in [0.1, 0.15) is 5.60 Å². The zero-order valence-corrected chi connectivity index (χ0v) is 19.0. The standard InChI is InChI=1S/C25H36N2O4/c1-24(2,3)31-23(30)27(21-15-20(21)18-7-5-4-6-8-18)17-25(11-12-25)16-26-13-9-19(10-14-26)22(28)29/h4-8,19-21H,9-17H2,1-3H3,(H,28,29). The summed E-state index contributed by atoms with van der Waals surface area (Å²) >= 11 is 0. The number of nitrogens with zero attached hydrogens (tertiary/aromatic N) is 2. The van der Waals surface area contributed by atoms with E-state index in [9.17, 15) is 14.7 Å². The van der Waals surface area contributed by atoms with Crippen molar-refractivity contribution in [1.29, 1.82) is 0 Å². The number of carboxylic acid groups (broad SMARTS) is 1. The number of hydrogen-bond acceptors (Lipinski definition) is 4. The van der Waals surface area contributed by atoms with Crippen molar-refractivity contribution in [1.82, 2.24) is 9.80 Å². The first-order valence-corrected chi connectivity index (χ1v) is 11.7. The third kappa shape index (κ3) is 5.59. The molecule has 1 aromatic rings. The minimum Gasteiger partial charge on any atom is -0.481 e. The molecule has 4 rings (SSSR count). The van der Waals surface area contributed by atoms with Gasteiger partial charge in [0.15, 0.2) is 0 Å². The first kappa shape index (κ1) is 22.1. The Balaban J connectivity index is 1.41. The van der Waals surface area contributed by atoms with E-state index < -0.39 is 11.6 Å². The average Bonchev–Trinajstić information content (AvgIpc) is 3.62. The average molecular weight is 429 g/mol. The van der Waals surface area contributed by atoms with Crippen LogP contribution >= 0.6 is 0 Å². The summed E-state index contributed by atoms with van der Waals surface area (Å²) in [5.74, 6) is -0.490. The highest BCUT2D eigenvalue weighted by Gasteiger charge is 2.52. The van der Waals surface area contributed by atoms with Crippen LogP contribution in [-0.4, -0.2) is 64.8 Å². The lowest BCUT2D eigenvalue weighted by atomic mass is 9.95. The lowest BCUT2D eigenvalue weighted by molar-refractivity contribution is -0.143. The Morgan fingerprint density at radius 3 is 2.35 bits per heavy atom. The summed E-state index contributed by atoms with van der Waals surface area (Å²) < 4.78 is 5.80. The lowest BCUT2D eigenvalue weighted by Gasteiger charge is -2.36. The predicted octanol–water partition coefficient (Wildman–Crippen LogP) is 4.36. The lowest BCUT2D eigenvalue weighted by Crippen LogP contribution is -2.46. The Labute approximate surface area is 185 Å². The van der Waals surface area contributed by atoms with Gasteiger partial charge in [0.2, 0.25) is 0 Å². The van der Waals surface area contributed by atoms with Gasteiger partial charge in [-0.2, -0.15) is 0 Å². The second-order valence-electron chi connectivity index (χ2n) is 10.8. The van der Waals surface area contributed by atoms with Crippen LogP contribution in [0.4, 0.5) is 4.79 Å². The molecule has 1 N–H and O–H groups in total. The van der Waals surface area contributed by atoms with Crippen LogP contribution in [0.25, 0.3) is 0 Å². The molecule has 3 aliphatic rings. The van der Waals surface area contributed by atoms with E-state index in [2.05, 4.69) is 29.2 Å². The summed E-state index contributed by atoms with van der Waals surface area (Å²) in [5, 5.41) is 9.25. The molecule has 31 heavy (non-hydrogen) atoms. The monoisotopic (exact) mass is 428 g/mol. The van der Waals surface area contributed by atoms with Gasteiger partial charge in [0, 0.05) is 30.5 Å². The van der Waals surface area contributed by atoms with E-state index in [1.54, 1.807) is 0 Å². The van der Waals surface area contributed by atoms with Crippen molar-refractivity contribution in [3.8, 4) is 0 Å². The number of hydrogen-bond donors (Lipinski definition) is 1.